The molecule has 2 aromatic carbocycles. The lowest BCUT2D eigenvalue weighted by Gasteiger charge is -2.28. The summed E-state index contributed by atoms with van der Waals surface area (Å²) < 4.78 is 52.7. The lowest BCUT2D eigenvalue weighted by Crippen LogP contribution is -2.48. The highest BCUT2D eigenvalue weighted by Gasteiger charge is 2.30. The Bertz CT molecular complexity index is 923. The van der Waals surface area contributed by atoms with E-state index in [0.29, 0.717) is 17.1 Å². The number of hydrogen-bond donors (Lipinski definition) is 1. The summed E-state index contributed by atoms with van der Waals surface area (Å²) >= 11 is 1.44. The fourth-order valence-electron chi connectivity index (χ4n) is 2.60. The first kappa shape index (κ1) is 22.2. The minimum atomic E-state index is -3.88. The van der Waals surface area contributed by atoms with Gasteiger partial charge >= 0.3 is 0 Å². The highest BCUT2D eigenvalue weighted by atomic mass is 32.2. The number of nitrogens with one attached hydrogen (secondary N) is 1. The summed E-state index contributed by atoms with van der Waals surface area (Å²) in [7, 11) is -3.88. The number of carbonyl (C=O) groups is 1. The maximum Gasteiger partial charge on any atom is 0.243 e. The van der Waals surface area contributed by atoms with Crippen molar-refractivity contribution in [3.63, 3.8) is 0 Å². The van der Waals surface area contributed by atoms with Gasteiger partial charge in [0.15, 0.2) is 0 Å². The minimum absolute atomic E-state index is 0.179. The number of carbonyl (C=O) groups excluding carboxylic acids is 1. The molecule has 0 aliphatic heterocycles. The Morgan fingerprint density at radius 2 is 1.71 bits per heavy atom. The molecule has 0 fully saturated rings. The second kappa shape index (κ2) is 9.88. The van der Waals surface area contributed by atoms with E-state index in [2.05, 4.69) is 5.32 Å². The molecule has 0 spiro atoms. The van der Waals surface area contributed by atoms with E-state index in [1.165, 1.54) is 43.0 Å². The predicted octanol–water partition coefficient (Wildman–Crippen LogP) is 3.17. The van der Waals surface area contributed by atoms with E-state index >= 15 is 0 Å². The number of rotatable bonds is 9. The molecule has 1 N–H and O–H groups in total. The van der Waals surface area contributed by atoms with Gasteiger partial charge in [-0.15, -0.1) is 0 Å². The number of hydrogen-bond acceptors (Lipinski definition) is 4. The van der Waals surface area contributed by atoms with Gasteiger partial charge in [-0.2, -0.15) is 11.8 Å². The van der Waals surface area contributed by atoms with E-state index in [-0.39, 0.29) is 18.0 Å². The van der Waals surface area contributed by atoms with Crippen LogP contribution < -0.4 is 9.62 Å². The molecule has 1 amide bonds. The number of para-hydroxylation sites is 1. The highest BCUT2D eigenvalue weighted by Crippen LogP contribution is 2.24. The van der Waals surface area contributed by atoms with E-state index in [1.54, 1.807) is 18.2 Å². The average Bonchev–Trinajstić information content (AvgIpc) is 2.63. The minimum Gasteiger partial charge on any atom is -0.353 e. The first-order valence-electron chi connectivity index (χ1n) is 8.54. The van der Waals surface area contributed by atoms with Crippen molar-refractivity contribution in [1.82, 2.24) is 5.32 Å². The van der Waals surface area contributed by atoms with Crippen molar-refractivity contribution in [1.29, 1.82) is 0 Å². The van der Waals surface area contributed by atoms with Crippen molar-refractivity contribution < 1.29 is 22.0 Å². The average molecular weight is 429 g/mol. The Hall–Kier alpha value is -2.13. The number of nitrogens with zero attached hydrogens (tertiary/aromatic N) is 1. The van der Waals surface area contributed by atoms with Gasteiger partial charge in [0.05, 0.1) is 11.9 Å². The molecule has 5 nitrogen and oxygen atoms in total. The van der Waals surface area contributed by atoms with Crippen molar-refractivity contribution in [3.05, 3.63) is 65.7 Å². The molecule has 1 atom stereocenters. The largest absolute Gasteiger partial charge is 0.353 e. The van der Waals surface area contributed by atoms with Crippen molar-refractivity contribution in [3.8, 4) is 0 Å². The smallest absolute Gasteiger partial charge is 0.243 e. The zero-order chi connectivity index (χ0) is 20.7. The molecule has 0 saturated heterocycles. The van der Waals surface area contributed by atoms with Gasteiger partial charge in [-0.3, -0.25) is 9.10 Å². The maximum atomic E-state index is 14.1. The number of halogens is 2. The Labute approximate surface area is 168 Å². The van der Waals surface area contributed by atoms with E-state index in [1.807, 2.05) is 0 Å². The lowest BCUT2D eigenvalue weighted by molar-refractivity contribution is -0.121. The zero-order valence-electron chi connectivity index (χ0n) is 15.6. The van der Waals surface area contributed by atoms with Crippen molar-refractivity contribution in [2.45, 2.75) is 18.7 Å². The summed E-state index contributed by atoms with van der Waals surface area (Å²) in [4.78, 5) is 12.4. The fourth-order valence-corrected chi connectivity index (χ4v) is 4.62. The molecular formula is C19H22F2N2O3S2. The van der Waals surface area contributed by atoms with E-state index < -0.39 is 27.8 Å². The Morgan fingerprint density at radius 3 is 2.32 bits per heavy atom. The van der Waals surface area contributed by atoms with Gasteiger partial charge in [0, 0.05) is 18.1 Å². The van der Waals surface area contributed by atoms with E-state index in [4.69, 9.17) is 0 Å². The van der Waals surface area contributed by atoms with Crippen LogP contribution in [0.25, 0.3) is 0 Å². The van der Waals surface area contributed by atoms with Gasteiger partial charge in [-0.1, -0.05) is 30.3 Å². The number of thioether (sulfide) groups is 1. The normalized spacial score (nSPS) is 12.4. The topological polar surface area (TPSA) is 66.5 Å². The van der Waals surface area contributed by atoms with Gasteiger partial charge in [0.2, 0.25) is 15.9 Å². The first-order valence-corrected chi connectivity index (χ1v) is 11.5. The molecule has 9 heteroatoms. The van der Waals surface area contributed by atoms with Crippen molar-refractivity contribution in [2.75, 3.05) is 22.9 Å². The summed E-state index contributed by atoms with van der Waals surface area (Å²) in [5, 5.41) is 2.64. The van der Waals surface area contributed by atoms with Crippen LogP contribution in [0, 0.1) is 11.6 Å². The van der Waals surface area contributed by atoms with Gasteiger partial charge < -0.3 is 5.32 Å². The standard InChI is InChI=1S/C19H22F2N2O3S2/c1-14(23(28(2,25)26)18-10-6-5-9-17(18)21)19(24)22-11-12-27-13-15-7-3-4-8-16(15)20/h3-10,14H,11-13H2,1-2H3,(H,22,24)/t14-/m0/s1. The van der Waals surface area contributed by atoms with Crippen LogP contribution in [0.2, 0.25) is 0 Å². The second-order valence-corrected chi connectivity index (χ2v) is 9.09. The number of benzene rings is 2. The maximum absolute atomic E-state index is 14.1. The zero-order valence-corrected chi connectivity index (χ0v) is 17.2. The number of anilines is 1. The quantitative estimate of drug-likeness (QED) is 0.623. The van der Waals surface area contributed by atoms with Crippen LogP contribution in [-0.4, -0.2) is 38.9 Å². The Balaban J connectivity index is 1.93. The third-order valence-electron chi connectivity index (χ3n) is 3.94. The van der Waals surface area contributed by atoms with E-state index in [0.717, 1.165) is 16.6 Å². The predicted molar refractivity (Wildman–Crippen MR) is 109 cm³/mol. The van der Waals surface area contributed by atoms with Crippen LogP contribution in [0.4, 0.5) is 14.5 Å². The molecule has 0 heterocycles. The van der Waals surface area contributed by atoms with Crippen LogP contribution in [0.5, 0.6) is 0 Å². The lowest BCUT2D eigenvalue weighted by atomic mass is 10.2. The third-order valence-corrected chi connectivity index (χ3v) is 6.17. The molecule has 2 rings (SSSR count). The Kier molecular flexibility index (Phi) is 7.82. The molecule has 0 aromatic heterocycles. The SMILES string of the molecule is C[C@@H](C(=O)NCCSCc1ccccc1F)N(c1ccccc1F)S(C)(=O)=O. The first-order chi connectivity index (χ1) is 13.2. The molecule has 0 saturated carbocycles. The molecule has 28 heavy (non-hydrogen) atoms. The van der Waals surface area contributed by atoms with Crippen LogP contribution in [0.1, 0.15) is 12.5 Å². The molecule has 2 aromatic rings. The van der Waals surface area contributed by atoms with Crippen LogP contribution >= 0.6 is 11.8 Å². The molecule has 0 bridgehead atoms. The molecule has 0 aliphatic rings. The van der Waals surface area contributed by atoms with Crippen LogP contribution in [0.3, 0.4) is 0 Å². The second-order valence-electron chi connectivity index (χ2n) is 6.12. The van der Waals surface area contributed by atoms with E-state index in [9.17, 15) is 22.0 Å². The number of sulfonamides is 1. The summed E-state index contributed by atoms with van der Waals surface area (Å²) in [5.74, 6) is -0.566. The summed E-state index contributed by atoms with van der Waals surface area (Å²) in [6, 6.07) is 10.7. The van der Waals surface area contributed by atoms with Crippen molar-refractivity contribution in [2.24, 2.45) is 0 Å². The van der Waals surface area contributed by atoms with Crippen LogP contribution in [0.15, 0.2) is 48.5 Å². The van der Waals surface area contributed by atoms with Gasteiger partial charge in [0.25, 0.3) is 0 Å². The van der Waals surface area contributed by atoms with Crippen molar-refractivity contribution >= 4 is 33.4 Å². The molecule has 0 aliphatic carbocycles. The monoisotopic (exact) mass is 428 g/mol. The summed E-state index contributed by atoms with van der Waals surface area (Å²) in [6.45, 7) is 1.67. The molecule has 152 valence electrons. The number of amides is 1. The van der Waals surface area contributed by atoms with Gasteiger partial charge in [0.1, 0.15) is 17.7 Å². The van der Waals surface area contributed by atoms with Gasteiger partial charge in [-0.05, 0) is 30.7 Å². The van der Waals surface area contributed by atoms with Crippen LogP contribution in [-0.2, 0) is 20.6 Å². The molecule has 0 radical (unpaired) electrons. The summed E-state index contributed by atoms with van der Waals surface area (Å²) in [6.07, 6.45) is 0.924. The molecule has 0 unspecified atom stereocenters. The van der Waals surface area contributed by atoms with Gasteiger partial charge in [-0.25, -0.2) is 17.2 Å². The molecular weight excluding hydrogens is 406 g/mol. The highest BCUT2D eigenvalue weighted by molar-refractivity contribution is 7.98. The fraction of sp³-hybridized carbons (Fsp3) is 0.316. The third kappa shape index (κ3) is 5.93. The summed E-state index contributed by atoms with van der Waals surface area (Å²) in [5.41, 5.74) is 0.400. The Morgan fingerprint density at radius 1 is 1.11 bits per heavy atom.